The van der Waals surface area contributed by atoms with Gasteiger partial charge < -0.3 is 9.47 Å². The minimum Gasteiger partial charge on any atom is -0.497 e. The first-order chi connectivity index (χ1) is 9.22. The number of rotatable bonds is 5. The van der Waals surface area contributed by atoms with Gasteiger partial charge in [0, 0.05) is 5.56 Å². The van der Waals surface area contributed by atoms with Crippen LogP contribution in [0.25, 0.3) is 0 Å². The van der Waals surface area contributed by atoms with Gasteiger partial charge in [0.15, 0.2) is 0 Å². The van der Waals surface area contributed by atoms with Crippen molar-refractivity contribution >= 4 is 11.6 Å². The third-order valence-corrected chi connectivity index (χ3v) is 3.01. The molecule has 0 aliphatic heterocycles. The molecule has 0 heterocycles. The maximum Gasteiger partial charge on any atom is 0.124 e. The van der Waals surface area contributed by atoms with Crippen LogP contribution in [-0.2, 0) is 12.5 Å². The van der Waals surface area contributed by atoms with Crippen LogP contribution < -0.4 is 9.47 Å². The van der Waals surface area contributed by atoms with Crippen LogP contribution in [0, 0.1) is 5.82 Å². The molecule has 0 bridgehead atoms. The second-order valence-corrected chi connectivity index (χ2v) is 4.29. The minimum atomic E-state index is -0.313. The summed E-state index contributed by atoms with van der Waals surface area (Å²) in [6.07, 6.45) is 0. The van der Waals surface area contributed by atoms with E-state index in [9.17, 15) is 4.39 Å². The predicted octanol–water partition coefficient (Wildman–Crippen LogP) is 4.15. The van der Waals surface area contributed by atoms with Crippen molar-refractivity contribution in [1.82, 2.24) is 0 Å². The van der Waals surface area contributed by atoms with Gasteiger partial charge in [0.2, 0.25) is 0 Å². The molecule has 0 aromatic heterocycles. The van der Waals surface area contributed by atoms with Crippen LogP contribution in [0.2, 0.25) is 0 Å². The SMILES string of the molecule is COc1ccc(COc2ccc(F)cc2CCl)cc1. The summed E-state index contributed by atoms with van der Waals surface area (Å²) in [5.74, 6) is 1.31. The van der Waals surface area contributed by atoms with E-state index in [0.29, 0.717) is 17.9 Å². The van der Waals surface area contributed by atoms with Crippen LogP contribution in [-0.4, -0.2) is 7.11 Å². The van der Waals surface area contributed by atoms with Gasteiger partial charge in [-0.2, -0.15) is 0 Å². The largest absolute Gasteiger partial charge is 0.497 e. The van der Waals surface area contributed by atoms with Crippen molar-refractivity contribution in [3.8, 4) is 11.5 Å². The standard InChI is InChI=1S/C15H14ClFO2/c1-18-14-5-2-11(3-6-14)10-19-15-7-4-13(17)8-12(15)9-16/h2-8H,9-10H2,1H3. The minimum absolute atomic E-state index is 0.218. The number of ether oxygens (including phenoxy) is 2. The molecule has 0 fully saturated rings. The average Bonchev–Trinajstić information content (AvgIpc) is 2.46. The Hall–Kier alpha value is -1.74. The highest BCUT2D eigenvalue weighted by Crippen LogP contribution is 2.23. The maximum absolute atomic E-state index is 13.1. The second-order valence-electron chi connectivity index (χ2n) is 4.02. The number of benzene rings is 2. The fourth-order valence-electron chi connectivity index (χ4n) is 1.68. The highest BCUT2D eigenvalue weighted by molar-refractivity contribution is 6.17. The molecule has 2 nitrogen and oxygen atoms in total. The lowest BCUT2D eigenvalue weighted by atomic mass is 10.2. The Morgan fingerprint density at radius 1 is 1.11 bits per heavy atom. The first-order valence-electron chi connectivity index (χ1n) is 5.83. The third-order valence-electron chi connectivity index (χ3n) is 2.72. The van der Waals surface area contributed by atoms with Gasteiger partial charge in [0.25, 0.3) is 0 Å². The van der Waals surface area contributed by atoms with Gasteiger partial charge >= 0.3 is 0 Å². The molecule has 0 atom stereocenters. The Bertz CT molecular complexity index is 540. The van der Waals surface area contributed by atoms with Crippen molar-refractivity contribution in [2.45, 2.75) is 12.5 Å². The predicted molar refractivity (Wildman–Crippen MR) is 73.3 cm³/mol. The summed E-state index contributed by atoms with van der Waals surface area (Å²) in [6, 6.07) is 11.9. The molecule has 0 saturated heterocycles. The highest BCUT2D eigenvalue weighted by atomic mass is 35.5. The Morgan fingerprint density at radius 2 is 1.84 bits per heavy atom. The number of halogens is 2. The van der Waals surface area contributed by atoms with E-state index in [1.54, 1.807) is 13.2 Å². The van der Waals surface area contributed by atoms with Gasteiger partial charge in [-0.25, -0.2) is 4.39 Å². The lowest BCUT2D eigenvalue weighted by Gasteiger charge is -2.10. The Balaban J connectivity index is 2.05. The number of hydrogen-bond acceptors (Lipinski definition) is 2. The summed E-state index contributed by atoms with van der Waals surface area (Å²) in [5.41, 5.74) is 1.65. The van der Waals surface area contributed by atoms with Crippen molar-refractivity contribution in [3.63, 3.8) is 0 Å². The van der Waals surface area contributed by atoms with Gasteiger partial charge in [0.05, 0.1) is 13.0 Å². The lowest BCUT2D eigenvalue weighted by Crippen LogP contribution is -1.98. The van der Waals surface area contributed by atoms with E-state index in [4.69, 9.17) is 21.1 Å². The molecular weight excluding hydrogens is 267 g/mol. The van der Waals surface area contributed by atoms with E-state index < -0.39 is 0 Å². The Labute approximate surface area is 116 Å². The van der Waals surface area contributed by atoms with Crippen LogP contribution in [0.4, 0.5) is 4.39 Å². The molecule has 0 unspecified atom stereocenters. The summed E-state index contributed by atoms with van der Waals surface area (Å²) in [7, 11) is 1.62. The molecule has 0 N–H and O–H groups in total. The van der Waals surface area contributed by atoms with E-state index in [1.807, 2.05) is 24.3 Å². The van der Waals surface area contributed by atoms with Crippen molar-refractivity contribution in [1.29, 1.82) is 0 Å². The number of alkyl halides is 1. The van der Waals surface area contributed by atoms with Crippen LogP contribution in [0.5, 0.6) is 11.5 Å². The summed E-state index contributed by atoms with van der Waals surface area (Å²) >= 11 is 5.76. The highest BCUT2D eigenvalue weighted by Gasteiger charge is 2.05. The molecule has 2 aromatic carbocycles. The molecule has 0 radical (unpaired) electrons. The van der Waals surface area contributed by atoms with E-state index in [-0.39, 0.29) is 11.7 Å². The van der Waals surface area contributed by atoms with Gasteiger partial charge in [-0.15, -0.1) is 11.6 Å². The van der Waals surface area contributed by atoms with E-state index in [1.165, 1.54) is 12.1 Å². The zero-order chi connectivity index (χ0) is 13.7. The topological polar surface area (TPSA) is 18.5 Å². The van der Waals surface area contributed by atoms with Crippen LogP contribution in [0.3, 0.4) is 0 Å². The first-order valence-corrected chi connectivity index (χ1v) is 6.36. The normalized spacial score (nSPS) is 10.3. The van der Waals surface area contributed by atoms with Crippen LogP contribution in [0.1, 0.15) is 11.1 Å². The quantitative estimate of drug-likeness (QED) is 0.766. The summed E-state index contributed by atoms with van der Waals surface area (Å²) < 4.78 is 23.8. The molecular formula is C15H14ClFO2. The fraction of sp³-hybridized carbons (Fsp3) is 0.200. The van der Waals surface area contributed by atoms with E-state index >= 15 is 0 Å². The fourth-order valence-corrected chi connectivity index (χ4v) is 1.88. The van der Waals surface area contributed by atoms with Crippen molar-refractivity contribution in [2.24, 2.45) is 0 Å². The lowest BCUT2D eigenvalue weighted by molar-refractivity contribution is 0.303. The average molecular weight is 281 g/mol. The molecule has 4 heteroatoms. The second kappa shape index (κ2) is 6.43. The zero-order valence-corrected chi connectivity index (χ0v) is 11.3. The van der Waals surface area contributed by atoms with Gasteiger partial charge in [0.1, 0.15) is 23.9 Å². The Kier molecular flexibility index (Phi) is 4.63. The molecule has 19 heavy (non-hydrogen) atoms. The summed E-state index contributed by atoms with van der Waals surface area (Å²) in [4.78, 5) is 0. The van der Waals surface area contributed by atoms with Gasteiger partial charge in [-0.3, -0.25) is 0 Å². The van der Waals surface area contributed by atoms with Crippen LogP contribution >= 0.6 is 11.6 Å². The van der Waals surface area contributed by atoms with Crippen molar-refractivity contribution in [3.05, 3.63) is 59.4 Å². The maximum atomic E-state index is 13.1. The van der Waals surface area contributed by atoms with Gasteiger partial charge in [-0.05, 0) is 35.9 Å². The molecule has 100 valence electrons. The van der Waals surface area contributed by atoms with Crippen molar-refractivity contribution < 1.29 is 13.9 Å². The monoisotopic (exact) mass is 280 g/mol. The third kappa shape index (κ3) is 3.61. The molecule has 0 aliphatic rings. The van der Waals surface area contributed by atoms with Gasteiger partial charge in [-0.1, -0.05) is 12.1 Å². The first kappa shape index (κ1) is 13.7. The number of hydrogen-bond donors (Lipinski definition) is 0. The smallest absolute Gasteiger partial charge is 0.124 e. The van der Waals surface area contributed by atoms with E-state index in [2.05, 4.69) is 0 Å². The molecule has 0 aliphatic carbocycles. The summed E-state index contributed by atoms with van der Waals surface area (Å²) in [5, 5.41) is 0. The molecule has 2 rings (SSSR count). The Morgan fingerprint density at radius 3 is 2.47 bits per heavy atom. The van der Waals surface area contributed by atoms with Crippen LogP contribution in [0.15, 0.2) is 42.5 Å². The zero-order valence-electron chi connectivity index (χ0n) is 10.5. The molecule has 0 saturated carbocycles. The summed E-state index contributed by atoms with van der Waals surface area (Å²) in [6.45, 7) is 0.402. The molecule has 0 spiro atoms. The van der Waals surface area contributed by atoms with E-state index in [0.717, 1.165) is 11.3 Å². The van der Waals surface area contributed by atoms with Crippen molar-refractivity contribution in [2.75, 3.05) is 7.11 Å². The number of methoxy groups -OCH3 is 1. The molecule has 0 amide bonds. The molecule has 2 aromatic rings.